The van der Waals surface area contributed by atoms with Crippen LogP contribution in [-0.4, -0.2) is 85.6 Å². The molecule has 1 fully saturated rings. The van der Waals surface area contributed by atoms with Crippen LogP contribution in [0, 0.1) is 20.5 Å². The molecule has 0 aromatic heterocycles. The van der Waals surface area contributed by atoms with Crippen molar-refractivity contribution in [2.24, 2.45) is 0 Å². The normalized spacial score (nSPS) is 19.3. The van der Waals surface area contributed by atoms with Crippen molar-refractivity contribution in [2.75, 3.05) is 66.5 Å². The van der Waals surface area contributed by atoms with Gasteiger partial charge < -0.3 is 20.4 Å². The molecule has 0 aliphatic carbocycles. The van der Waals surface area contributed by atoms with Crippen LogP contribution in [0.15, 0.2) is 0 Å². The molecule has 0 aromatic rings. The van der Waals surface area contributed by atoms with E-state index in [-0.39, 0.29) is 17.1 Å². The Morgan fingerprint density at radius 2 is 0.889 bits per heavy atom. The fourth-order valence-electron chi connectivity index (χ4n) is 1.96. The monoisotopic (exact) mass is 491 g/mol. The summed E-state index contributed by atoms with van der Waals surface area (Å²) in [5.74, 6) is 0. The topological polar surface area (TPSA) is 209 Å². The molecule has 4 N–H and O–H groups in total. The zero-order valence-corrected chi connectivity index (χ0v) is 17.8. The van der Waals surface area contributed by atoms with E-state index in [2.05, 4.69) is 34.5 Å². The maximum absolute atomic E-state index is 8.60. The molecule has 1 saturated heterocycles. The largest absolute Gasteiger partial charge is 0.315 e. The van der Waals surface area contributed by atoms with E-state index in [1.807, 2.05) is 0 Å². The minimum Gasteiger partial charge on any atom is -0.315 e. The molecule has 0 bridgehead atoms. The number of nitrogens with one attached hydrogen (secondary N) is 2. The molecule has 1 heterocycles. The van der Waals surface area contributed by atoms with Gasteiger partial charge in [0.25, 0.3) is 0 Å². The van der Waals surface area contributed by atoms with Gasteiger partial charge in [-0.2, -0.15) is 28.0 Å². The molecule has 0 saturated carbocycles. The Bertz CT molecular complexity index is 269. The van der Waals surface area contributed by atoms with E-state index in [1.54, 1.807) is 0 Å². The number of rotatable bonds is 0. The van der Waals surface area contributed by atoms with Gasteiger partial charge in [0.05, 0.1) is 29.8 Å². The van der Waals surface area contributed by atoms with Crippen molar-refractivity contribution >= 4 is 0 Å². The van der Waals surface area contributed by atoms with Gasteiger partial charge in [-0.05, 0) is 53.1 Å². The molecule has 1 radical (unpaired) electrons. The van der Waals surface area contributed by atoms with E-state index in [9.17, 15) is 0 Å². The SMILES string of the molecule is CN1CCCNCCN(C)CCCNCC1.[Cu].[O-][Cl+3]([O-])([O-])O.[O-][Cl+3]([O-])([O-])O. The molecule has 15 heteroatoms. The summed E-state index contributed by atoms with van der Waals surface area (Å²) < 4.78 is 65.4. The van der Waals surface area contributed by atoms with Gasteiger partial charge in [0.1, 0.15) is 0 Å². The van der Waals surface area contributed by atoms with Crippen LogP contribution in [0.1, 0.15) is 12.8 Å². The second-order valence-electron chi connectivity index (χ2n) is 5.61. The van der Waals surface area contributed by atoms with E-state index in [0.29, 0.717) is 0 Å². The molecular formula is C12H30Cl2CuN4O8. The predicted octanol–water partition coefficient (Wildman–Crippen LogP) is -8.43. The van der Waals surface area contributed by atoms with Crippen LogP contribution in [0.2, 0.25) is 0 Å². The van der Waals surface area contributed by atoms with Crippen LogP contribution in [0.5, 0.6) is 0 Å². The van der Waals surface area contributed by atoms with E-state index in [0.717, 1.165) is 39.3 Å². The summed E-state index contributed by atoms with van der Waals surface area (Å²) in [5, 5.41) is 7.01. The van der Waals surface area contributed by atoms with Crippen molar-refractivity contribution in [3.05, 3.63) is 0 Å². The summed E-state index contributed by atoms with van der Waals surface area (Å²) in [5.41, 5.74) is 0. The van der Waals surface area contributed by atoms with Crippen LogP contribution in [0.3, 0.4) is 0 Å². The quantitative estimate of drug-likeness (QED) is 0.232. The fourth-order valence-corrected chi connectivity index (χ4v) is 1.96. The molecule has 171 valence electrons. The fraction of sp³-hybridized carbons (Fsp3) is 1.00. The van der Waals surface area contributed by atoms with Gasteiger partial charge in [-0.3, -0.25) is 0 Å². The zero-order valence-electron chi connectivity index (χ0n) is 15.4. The van der Waals surface area contributed by atoms with E-state index in [4.69, 9.17) is 37.3 Å². The van der Waals surface area contributed by atoms with Gasteiger partial charge in [0.15, 0.2) is 0 Å². The minimum atomic E-state index is -4.69. The number of hydrogen-bond acceptors (Lipinski definition) is 12. The molecule has 12 nitrogen and oxygen atoms in total. The second kappa shape index (κ2) is 18.6. The van der Waals surface area contributed by atoms with Crippen LogP contribution in [-0.2, 0) is 17.1 Å². The maximum Gasteiger partial charge on any atom is 0.0777 e. The van der Waals surface area contributed by atoms with Gasteiger partial charge in [-0.1, -0.05) is 0 Å². The predicted molar refractivity (Wildman–Crippen MR) is 74.4 cm³/mol. The van der Waals surface area contributed by atoms with Gasteiger partial charge >= 0.3 is 0 Å². The average molecular weight is 493 g/mol. The Labute approximate surface area is 174 Å². The Hall–Kier alpha value is 0.619. The summed E-state index contributed by atoms with van der Waals surface area (Å²) >= 11 is 0. The first-order chi connectivity index (χ1) is 11.8. The third kappa shape index (κ3) is 46.5. The van der Waals surface area contributed by atoms with Gasteiger partial charge in [0, 0.05) is 43.2 Å². The third-order valence-electron chi connectivity index (χ3n) is 3.13. The van der Waals surface area contributed by atoms with Gasteiger partial charge in [-0.25, -0.2) is 0 Å². The van der Waals surface area contributed by atoms with Gasteiger partial charge in [0.2, 0.25) is 0 Å². The first kappa shape index (κ1) is 32.3. The van der Waals surface area contributed by atoms with Crippen molar-refractivity contribution < 1.29 is 74.8 Å². The third-order valence-corrected chi connectivity index (χ3v) is 3.13. The number of nitrogens with zero attached hydrogens (tertiary/aromatic N) is 2. The summed E-state index contributed by atoms with van der Waals surface area (Å²) in [6.07, 6.45) is 2.50. The standard InChI is InChI=1S/C12H28N4.2ClHO4.Cu/c1-15-9-3-5-14-8-12-16(2)10-4-6-13-7-11-15;2*2-1(3,4)5;/h13-14H,3-12H2,1-2H3;2*(H,2,3,4,5);. The average Bonchev–Trinajstić information content (AvgIpc) is 2.42. The molecule has 0 atom stereocenters. The first-order valence-corrected chi connectivity index (χ1v) is 10.4. The number of likely N-dealkylation sites (N-methyl/N-ethyl adjacent to an activating group) is 2. The van der Waals surface area contributed by atoms with Crippen molar-refractivity contribution in [1.82, 2.24) is 20.4 Å². The first-order valence-electron chi connectivity index (χ1n) is 7.84. The van der Waals surface area contributed by atoms with Crippen molar-refractivity contribution in [1.29, 1.82) is 0 Å². The Kier molecular flexibility index (Phi) is 22.3. The summed E-state index contributed by atoms with van der Waals surface area (Å²) in [6.45, 7) is 9.25. The Balaban J connectivity index is -0.000000436. The van der Waals surface area contributed by atoms with E-state index in [1.165, 1.54) is 25.9 Å². The second-order valence-corrected chi connectivity index (χ2v) is 7.19. The Morgan fingerprint density at radius 1 is 0.630 bits per heavy atom. The molecule has 1 aliphatic rings. The van der Waals surface area contributed by atoms with Crippen molar-refractivity contribution in [2.45, 2.75) is 12.8 Å². The minimum absolute atomic E-state index is 0. The molecule has 1 aliphatic heterocycles. The van der Waals surface area contributed by atoms with Crippen molar-refractivity contribution in [3.63, 3.8) is 0 Å². The van der Waals surface area contributed by atoms with Crippen LogP contribution in [0.25, 0.3) is 0 Å². The number of hydrogen-bond donors (Lipinski definition) is 4. The Morgan fingerprint density at radius 3 is 1.15 bits per heavy atom. The molecule has 0 amide bonds. The van der Waals surface area contributed by atoms with E-state index >= 15 is 0 Å². The molecule has 1 rings (SSSR count). The maximum atomic E-state index is 8.60. The summed E-state index contributed by atoms with van der Waals surface area (Å²) in [4.78, 5) is 4.82. The summed E-state index contributed by atoms with van der Waals surface area (Å²) in [7, 11) is -4.97. The van der Waals surface area contributed by atoms with Crippen molar-refractivity contribution in [3.8, 4) is 0 Å². The molecule has 0 unspecified atom stereocenters. The van der Waals surface area contributed by atoms with Gasteiger partial charge in [-0.15, -0.1) is 0 Å². The van der Waals surface area contributed by atoms with Crippen LogP contribution >= 0.6 is 0 Å². The smallest absolute Gasteiger partial charge is 0.0777 e. The van der Waals surface area contributed by atoms with E-state index < -0.39 is 20.5 Å². The molecular weight excluding hydrogens is 463 g/mol. The van der Waals surface area contributed by atoms with Crippen LogP contribution in [0.4, 0.5) is 0 Å². The zero-order chi connectivity index (χ0) is 20.6. The molecule has 0 spiro atoms. The molecule has 27 heavy (non-hydrogen) atoms. The number of halogens is 2. The van der Waals surface area contributed by atoms with Crippen LogP contribution < -0.4 is 38.6 Å². The summed E-state index contributed by atoms with van der Waals surface area (Å²) in [6, 6.07) is 0. The molecule has 0 aromatic carbocycles.